The van der Waals surface area contributed by atoms with Gasteiger partial charge in [0.05, 0.1) is 10.7 Å². The molecule has 2 aromatic rings. The Labute approximate surface area is 118 Å². The fourth-order valence-corrected chi connectivity index (χ4v) is 2.06. The quantitative estimate of drug-likeness (QED) is 0.932. The number of aryl methyl sites for hydroxylation is 2. The number of hydrogen-bond donors (Lipinski definition) is 1. The second kappa shape index (κ2) is 5.63. The molecule has 5 heteroatoms. The summed E-state index contributed by atoms with van der Waals surface area (Å²) in [6.07, 6.45) is 0. The van der Waals surface area contributed by atoms with Crippen LogP contribution in [0.5, 0.6) is 11.6 Å². The minimum Gasteiger partial charge on any atom is -0.438 e. The predicted octanol–water partition coefficient (Wildman–Crippen LogP) is 3.45. The molecule has 1 unspecified atom stereocenters. The molecule has 0 aliphatic carbocycles. The van der Waals surface area contributed by atoms with Crippen LogP contribution in [0.3, 0.4) is 0 Å². The van der Waals surface area contributed by atoms with Gasteiger partial charge in [-0.3, -0.25) is 0 Å². The van der Waals surface area contributed by atoms with Crippen LogP contribution in [0.25, 0.3) is 0 Å². The van der Waals surface area contributed by atoms with Crippen molar-refractivity contribution in [2.45, 2.75) is 19.9 Å². The van der Waals surface area contributed by atoms with Crippen molar-refractivity contribution in [3.8, 4) is 11.6 Å². The van der Waals surface area contributed by atoms with Crippen LogP contribution >= 0.6 is 11.6 Å². The third-order valence-corrected chi connectivity index (χ3v) is 3.36. The Balaban J connectivity index is 2.24. The first-order chi connectivity index (χ1) is 9.01. The first-order valence-electron chi connectivity index (χ1n) is 6.16. The summed E-state index contributed by atoms with van der Waals surface area (Å²) in [6.45, 7) is 4.00. The van der Waals surface area contributed by atoms with Crippen LogP contribution in [0.4, 0.5) is 0 Å². The van der Waals surface area contributed by atoms with Crippen LogP contribution in [-0.2, 0) is 7.05 Å². The smallest absolute Gasteiger partial charge is 0.217 e. The molecule has 1 aromatic carbocycles. The minimum absolute atomic E-state index is 0.255. The Bertz CT molecular complexity index is 580. The third kappa shape index (κ3) is 3.08. The van der Waals surface area contributed by atoms with Gasteiger partial charge >= 0.3 is 0 Å². The van der Waals surface area contributed by atoms with E-state index in [1.807, 2.05) is 45.3 Å². The average Bonchev–Trinajstić information content (AvgIpc) is 2.69. The van der Waals surface area contributed by atoms with Crippen molar-refractivity contribution in [1.82, 2.24) is 15.1 Å². The van der Waals surface area contributed by atoms with Crippen molar-refractivity contribution in [1.29, 1.82) is 0 Å². The number of nitrogens with one attached hydrogen (secondary N) is 1. The van der Waals surface area contributed by atoms with Gasteiger partial charge in [0.1, 0.15) is 5.75 Å². The van der Waals surface area contributed by atoms with E-state index in [9.17, 15) is 0 Å². The van der Waals surface area contributed by atoms with Crippen molar-refractivity contribution >= 4 is 11.6 Å². The summed E-state index contributed by atoms with van der Waals surface area (Å²) < 4.78 is 7.47. The van der Waals surface area contributed by atoms with E-state index in [4.69, 9.17) is 16.3 Å². The van der Waals surface area contributed by atoms with E-state index in [2.05, 4.69) is 17.3 Å². The molecule has 0 fully saturated rings. The van der Waals surface area contributed by atoms with Gasteiger partial charge in [-0.1, -0.05) is 17.7 Å². The zero-order valence-electron chi connectivity index (χ0n) is 11.6. The molecule has 0 spiro atoms. The topological polar surface area (TPSA) is 39.1 Å². The zero-order chi connectivity index (χ0) is 14.0. The van der Waals surface area contributed by atoms with E-state index in [1.54, 1.807) is 4.68 Å². The van der Waals surface area contributed by atoms with Crippen LogP contribution in [-0.4, -0.2) is 16.8 Å². The number of benzene rings is 1. The highest BCUT2D eigenvalue weighted by Crippen LogP contribution is 2.31. The molecule has 0 bridgehead atoms. The van der Waals surface area contributed by atoms with Crippen LogP contribution in [0.1, 0.15) is 24.2 Å². The predicted molar refractivity (Wildman–Crippen MR) is 76.9 cm³/mol. The van der Waals surface area contributed by atoms with Gasteiger partial charge < -0.3 is 10.1 Å². The first kappa shape index (κ1) is 13.9. The maximum Gasteiger partial charge on any atom is 0.217 e. The number of halogens is 1. The summed E-state index contributed by atoms with van der Waals surface area (Å²) in [5.41, 5.74) is 2.04. The SMILES string of the molecule is CNC(C)c1ccc(Oc2cc(C)nn2C)c(Cl)c1. The monoisotopic (exact) mass is 279 g/mol. The standard InChI is InChI=1S/C14H18ClN3O/c1-9-7-14(18(4)17-9)19-13-6-5-11(8-12(13)15)10(2)16-3/h5-8,10,16H,1-4H3. The molecule has 0 aliphatic rings. The fraction of sp³-hybridized carbons (Fsp3) is 0.357. The maximum atomic E-state index is 6.26. The lowest BCUT2D eigenvalue weighted by Crippen LogP contribution is -2.12. The van der Waals surface area contributed by atoms with Crippen molar-refractivity contribution < 1.29 is 4.74 Å². The number of aromatic nitrogens is 2. The van der Waals surface area contributed by atoms with Gasteiger partial charge in [-0.05, 0) is 38.6 Å². The van der Waals surface area contributed by atoms with Gasteiger partial charge in [-0.25, -0.2) is 4.68 Å². The molecule has 0 saturated carbocycles. The maximum absolute atomic E-state index is 6.26. The highest BCUT2D eigenvalue weighted by atomic mass is 35.5. The van der Waals surface area contributed by atoms with Gasteiger partial charge in [0.2, 0.25) is 5.88 Å². The molecule has 0 amide bonds. The molecular weight excluding hydrogens is 262 g/mol. The highest BCUT2D eigenvalue weighted by Gasteiger charge is 2.10. The molecule has 4 nitrogen and oxygen atoms in total. The molecule has 1 atom stereocenters. The second-order valence-corrected chi connectivity index (χ2v) is 4.96. The van der Waals surface area contributed by atoms with Crippen LogP contribution < -0.4 is 10.1 Å². The number of ether oxygens (including phenoxy) is 1. The summed E-state index contributed by atoms with van der Waals surface area (Å²) in [5.74, 6) is 1.31. The van der Waals surface area contributed by atoms with Crippen molar-refractivity contribution in [3.63, 3.8) is 0 Å². The van der Waals surface area contributed by atoms with Crippen LogP contribution in [0.15, 0.2) is 24.3 Å². The van der Waals surface area contributed by atoms with E-state index < -0.39 is 0 Å². The Kier molecular flexibility index (Phi) is 4.12. The molecule has 102 valence electrons. The van der Waals surface area contributed by atoms with Gasteiger partial charge in [0.25, 0.3) is 0 Å². The van der Waals surface area contributed by atoms with E-state index in [0.29, 0.717) is 16.7 Å². The van der Waals surface area contributed by atoms with E-state index >= 15 is 0 Å². The summed E-state index contributed by atoms with van der Waals surface area (Å²) in [4.78, 5) is 0. The molecule has 1 heterocycles. The summed E-state index contributed by atoms with van der Waals surface area (Å²) in [7, 11) is 3.76. The largest absolute Gasteiger partial charge is 0.438 e. The van der Waals surface area contributed by atoms with Crippen molar-refractivity contribution in [2.24, 2.45) is 7.05 Å². The second-order valence-electron chi connectivity index (χ2n) is 4.55. The van der Waals surface area contributed by atoms with Gasteiger partial charge in [0, 0.05) is 19.2 Å². The summed E-state index contributed by atoms with van der Waals surface area (Å²) in [5, 5.41) is 8.01. The zero-order valence-corrected chi connectivity index (χ0v) is 12.3. The molecular formula is C14H18ClN3O. The Hall–Kier alpha value is -1.52. The number of hydrogen-bond acceptors (Lipinski definition) is 3. The third-order valence-electron chi connectivity index (χ3n) is 3.06. The molecule has 1 aromatic heterocycles. The Morgan fingerprint density at radius 3 is 2.63 bits per heavy atom. The summed E-state index contributed by atoms with van der Waals surface area (Å²) >= 11 is 6.26. The molecule has 19 heavy (non-hydrogen) atoms. The lowest BCUT2D eigenvalue weighted by atomic mass is 10.1. The van der Waals surface area contributed by atoms with Gasteiger partial charge in [-0.15, -0.1) is 0 Å². The highest BCUT2D eigenvalue weighted by molar-refractivity contribution is 6.32. The summed E-state index contributed by atoms with van der Waals surface area (Å²) in [6, 6.07) is 7.94. The van der Waals surface area contributed by atoms with Crippen molar-refractivity contribution in [3.05, 3.63) is 40.5 Å². The van der Waals surface area contributed by atoms with E-state index in [-0.39, 0.29) is 6.04 Å². The van der Waals surface area contributed by atoms with E-state index in [1.165, 1.54) is 0 Å². The Morgan fingerprint density at radius 2 is 2.11 bits per heavy atom. The average molecular weight is 280 g/mol. The van der Waals surface area contributed by atoms with Crippen molar-refractivity contribution in [2.75, 3.05) is 7.05 Å². The molecule has 2 rings (SSSR count). The first-order valence-corrected chi connectivity index (χ1v) is 6.54. The molecule has 0 saturated heterocycles. The molecule has 0 radical (unpaired) electrons. The van der Waals surface area contributed by atoms with Crippen LogP contribution in [0, 0.1) is 6.92 Å². The van der Waals surface area contributed by atoms with E-state index in [0.717, 1.165) is 11.3 Å². The Morgan fingerprint density at radius 1 is 1.37 bits per heavy atom. The lowest BCUT2D eigenvalue weighted by molar-refractivity contribution is 0.430. The lowest BCUT2D eigenvalue weighted by Gasteiger charge is -2.13. The van der Waals surface area contributed by atoms with Gasteiger partial charge in [0.15, 0.2) is 0 Å². The molecule has 1 N–H and O–H groups in total. The van der Waals surface area contributed by atoms with Gasteiger partial charge in [-0.2, -0.15) is 5.10 Å². The number of rotatable bonds is 4. The number of nitrogens with zero attached hydrogens (tertiary/aromatic N) is 2. The van der Waals surface area contributed by atoms with Crippen LogP contribution in [0.2, 0.25) is 5.02 Å². The normalized spacial score (nSPS) is 12.5. The fourth-order valence-electron chi connectivity index (χ4n) is 1.83. The molecule has 0 aliphatic heterocycles. The minimum atomic E-state index is 0.255.